The number of hydrogen-bond acceptors (Lipinski definition) is 4. The third kappa shape index (κ3) is 9.03. The summed E-state index contributed by atoms with van der Waals surface area (Å²) in [6.45, 7) is 15.8. The van der Waals surface area contributed by atoms with Gasteiger partial charge in [-0.05, 0) is 0 Å². The first kappa shape index (κ1) is 33.7. The van der Waals surface area contributed by atoms with Crippen LogP contribution in [0.2, 0.25) is 0 Å². The van der Waals surface area contributed by atoms with Crippen molar-refractivity contribution < 1.29 is 44.0 Å². The van der Waals surface area contributed by atoms with Crippen LogP contribution in [0.1, 0.15) is 0 Å². The van der Waals surface area contributed by atoms with Gasteiger partial charge in [-0.3, -0.25) is 9.80 Å². The quantitative estimate of drug-likeness (QED) is 0.254. The van der Waals surface area contributed by atoms with Crippen LogP contribution in [-0.4, -0.2) is 145 Å². The fourth-order valence-electron chi connectivity index (χ4n) is 4.89. The van der Waals surface area contributed by atoms with Crippen LogP contribution in [0, 0.1) is 0 Å². The Bertz CT molecular complexity index is 400. The SMILES string of the molecule is Cl.Cl.OC(CCl)CN1CC[N+]2(CC1)CC[N+]1(CCN(CC(O)CCl)CC1)CC2.[Cl-].[Cl-]. The summed E-state index contributed by atoms with van der Waals surface area (Å²) in [6.07, 6.45) is -0.793. The third-order valence-corrected chi connectivity index (χ3v) is 7.67. The van der Waals surface area contributed by atoms with Crippen LogP contribution in [0.25, 0.3) is 0 Å². The van der Waals surface area contributed by atoms with Crippen molar-refractivity contribution in [1.82, 2.24) is 9.80 Å². The minimum Gasteiger partial charge on any atom is -1.00 e. The molecule has 0 saturated carbocycles. The highest BCUT2D eigenvalue weighted by Crippen LogP contribution is 2.24. The van der Waals surface area contributed by atoms with Gasteiger partial charge < -0.3 is 44.0 Å². The molecule has 3 aliphatic rings. The number of rotatable bonds is 6. The van der Waals surface area contributed by atoms with Crippen LogP contribution in [0.3, 0.4) is 0 Å². The molecule has 0 aromatic rings. The molecule has 2 N–H and O–H groups in total. The van der Waals surface area contributed by atoms with E-state index in [0.717, 1.165) is 26.2 Å². The molecule has 3 fully saturated rings. The molecule has 184 valence electrons. The Morgan fingerprint density at radius 3 is 1.10 bits per heavy atom. The molecule has 0 amide bonds. The molecule has 2 unspecified atom stereocenters. The average Bonchev–Trinajstić information content (AvgIpc) is 2.68. The number of nitrogens with zero attached hydrogens (tertiary/aromatic N) is 4. The lowest BCUT2D eigenvalue weighted by Gasteiger charge is -2.54. The predicted octanol–water partition coefficient (Wildman–Crippen LogP) is -5.68. The Labute approximate surface area is 216 Å². The van der Waals surface area contributed by atoms with Gasteiger partial charge in [0.1, 0.15) is 26.2 Å². The highest BCUT2D eigenvalue weighted by Gasteiger charge is 2.45. The molecule has 3 rings (SSSR count). The summed E-state index contributed by atoms with van der Waals surface area (Å²) in [5.74, 6) is 0.658. The Morgan fingerprint density at radius 2 is 0.867 bits per heavy atom. The number of halogens is 6. The minimum atomic E-state index is -0.396. The maximum atomic E-state index is 9.76. The standard InChI is InChI=1S/C18H36Cl2N4O2.4ClH/c19-13-17(25)15-21-1-5-23(6-2-21)9-11-24(12-10-23)7-3-22(4-8-24)16-18(26)14-20;;;;/h17-18,25-26H,1-16H2;4*1H/q+2;;;;/p-2. The van der Waals surface area contributed by atoms with Crippen molar-refractivity contribution in [1.29, 1.82) is 0 Å². The van der Waals surface area contributed by atoms with E-state index < -0.39 is 12.2 Å². The fraction of sp³-hybridized carbons (Fsp3) is 1.00. The monoisotopic (exact) mass is 552 g/mol. The molecular formula is C18H38Cl6N4O2. The van der Waals surface area contributed by atoms with Gasteiger partial charge in [-0.25, -0.2) is 0 Å². The number of aliphatic hydroxyl groups excluding tert-OH is 2. The number of piperazine rings is 3. The highest BCUT2D eigenvalue weighted by atomic mass is 35.5. The van der Waals surface area contributed by atoms with Gasteiger partial charge in [-0.15, -0.1) is 48.0 Å². The molecule has 30 heavy (non-hydrogen) atoms. The largest absolute Gasteiger partial charge is 1.00 e. The summed E-state index contributed by atoms with van der Waals surface area (Å²) in [7, 11) is 0. The Hall–Kier alpha value is 1.50. The molecule has 3 saturated heterocycles. The Kier molecular flexibility index (Phi) is 17.3. The van der Waals surface area contributed by atoms with E-state index in [9.17, 15) is 10.2 Å². The van der Waals surface area contributed by atoms with Gasteiger partial charge in [0.25, 0.3) is 0 Å². The van der Waals surface area contributed by atoms with Crippen LogP contribution in [0.5, 0.6) is 0 Å². The summed E-state index contributed by atoms with van der Waals surface area (Å²) in [5, 5.41) is 19.5. The molecule has 12 heteroatoms. The summed E-state index contributed by atoms with van der Waals surface area (Å²) in [5.41, 5.74) is 0. The molecule has 0 aromatic heterocycles. The zero-order chi connectivity index (χ0) is 18.6. The van der Waals surface area contributed by atoms with E-state index in [1.54, 1.807) is 0 Å². The summed E-state index contributed by atoms with van der Waals surface area (Å²) < 4.78 is 2.53. The van der Waals surface area contributed by atoms with E-state index >= 15 is 0 Å². The molecular weight excluding hydrogens is 517 g/mol. The van der Waals surface area contributed by atoms with E-state index in [1.807, 2.05) is 0 Å². The van der Waals surface area contributed by atoms with Crippen molar-refractivity contribution in [3.8, 4) is 0 Å². The second kappa shape index (κ2) is 15.4. The zero-order valence-corrected chi connectivity index (χ0v) is 22.1. The minimum absolute atomic E-state index is 0. The van der Waals surface area contributed by atoms with Crippen LogP contribution < -0.4 is 24.8 Å². The predicted molar refractivity (Wildman–Crippen MR) is 120 cm³/mol. The van der Waals surface area contributed by atoms with Gasteiger partial charge in [-0.1, -0.05) is 0 Å². The lowest BCUT2D eigenvalue weighted by atomic mass is 10.1. The molecule has 2 atom stereocenters. The van der Waals surface area contributed by atoms with E-state index in [2.05, 4.69) is 9.80 Å². The van der Waals surface area contributed by atoms with Crippen LogP contribution in [0.15, 0.2) is 0 Å². The lowest BCUT2D eigenvalue weighted by Crippen LogP contribution is -3.00. The number of β-amino-alcohol motifs (C(OH)–C–C–N with tert-alkyl or cyclic N) is 2. The van der Waals surface area contributed by atoms with Crippen molar-refractivity contribution in [2.24, 2.45) is 0 Å². The number of aliphatic hydroxyl groups is 2. The summed E-state index contributed by atoms with van der Waals surface area (Å²) in [6, 6.07) is 0. The van der Waals surface area contributed by atoms with Gasteiger partial charge in [0.05, 0.1) is 38.4 Å². The molecule has 0 radical (unpaired) electrons. The van der Waals surface area contributed by atoms with Gasteiger partial charge >= 0.3 is 0 Å². The van der Waals surface area contributed by atoms with Crippen molar-refractivity contribution in [2.75, 3.05) is 103 Å². The number of quaternary nitrogens is 2. The molecule has 0 bridgehead atoms. The molecule has 0 aliphatic carbocycles. The van der Waals surface area contributed by atoms with E-state index in [-0.39, 0.29) is 49.6 Å². The van der Waals surface area contributed by atoms with Crippen molar-refractivity contribution in [3.05, 3.63) is 0 Å². The summed E-state index contributed by atoms with van der Waals surface area (Å²) >= 11 is 11.5. The Balaban J connectivity index is 0. The number of hydrogen-bond donors (Lipinski definition) is 2. The smallest absolute Gasteiger partial charge is 0.129 e. The molecule has 3 heterocycles. The topological polar surface area (TPSA) is 46.9 Å². The third-order valence-electron chi connectivity index (χ3n) is 6.95. The van der Waals surface area contributed by atoms with Crippen LogP contribution in [-0.2, 0) is 0 Å². The molecule has 2 spiro atoms. The second-order valence-corrected chi connectivity index (χ2v) is 9.31. The van der Waals surface area contributed by atoms with Crippen molar-refractivity contribution >= 4 is 48.0 Å². The van der Waals surface area contributed by atoms with Gasteiger partial charge in [0, 0.05) is 51.0 Å². The first-order valence-electron chi connectivity index (χ1n) is 10.1. The lowest BCUT2D eigenvalue weighted by molar-refractivity contribution is -1.03. The summed E-state index contributed by atoms with van der Waals surface area (Å²) in [4.78, 5) is 4.74. The maximum absolute atomic E-state index is 9.76. The first-order valence-corrected chi connectivity index (χ1v) is 11.2. The van der Waals surface area contributed by atoms with Gasteiger partial charge in [-0.2, -0.15) is 0 Å². The molecule has 3 aliphatic heterocycles. The number of alkyl halides is 2. The van der Waals surface area contributed by atoms with Crippen LogP contribution >= 0.6 is 48.0 Å². The van der Waals surface area contributed by atoms with E-state index in [0.29, 0.717) is 24.8 Å². The van der Waals surface area contributed by atoms with E-state index in [4.69, 9.17) is 23.2 Å². The maximum Gasteiger partial charge on any atom is 0.129 e. The van der Waals surface area contributed by atoms with Crippen LogP contribution in [0.4, 0.5) is 0 Å². The highest BCUT2D eigenvalue weighted by molar-refractivity contribution is 6.18. The molecule has 6 nitrogen and oxygen atoms in total. The van der Waals surface area contributed by atoms with Gasteiger partial charge in [0.15, 0.2) is 0 Å². The fourth-order valence-corrected chi connectivity index (χ4v) is 5.08. The first-order chi connectivity index (χ1) is 12.5. The van der Waals surface area contributed by atoms with E-state index in [1.165, 1.54) is 61.3 Å². The Morgan fingerprint density at radius 1 is 0.600 bits per heavy atom. The van der Waals surface area contributed by atoms with Crippen molar-refractivity contribution in [3.63, 3.8) is 0 Å². The second-order valence-electron chi connectivity index (χ2n) is 8.69. The zero-order valence-electron chi connectivity index (χ0n) is 17.5. The molecule has 0 aromatic carbocycles. The average molecular weight is 555 g/mol. The van der Waals surface area contributed by atoms with Gasteiger partial charge in [0.2, 0.25) is 0 Å². The van der Waals surface area contributed by atoms with Crippen molar-refractivity contribution in [2.45, 2.75) is 12.2 Å². The normalized spacial score (nSPS) is 25.2.